The highest BCUT2D eigenvalue weighted by atomic mass is 16.7. The van der Waals surface area contributed by atoms with E-state index in [1.165, 1.54) is 0 Å². The Morgan fingerprint density at radius 3 is 2.55 bits per heavy atom. The molecule has 0 aromatic heterocycles. The van der Waals surface area contributed by atoms with Gasteiger partial charge in [0.05, 0.1) is 6.61 Å². The average molecular weight is 160 g/mol. The third kappa shape index (κ3) is 1.55. The molecule has 0 saturated carbocycles. The van der Waals surface area contributed by atoms with Crippen LogP contribution >= 0.6 is 0 Å². The molecule has 11 heavy (non-hydrogen) atoms. The standard InChI is InChI=1S/C8H16O3/c1-7(9-2)8(10-3)5-4-6-11-8/h7H,4-6H2,1-3H3. The lowest BCUT2D eigenvalue weighted by molar-refractivity contribution is -0.248. The number of methoxy groups -OCH3 is 2. The first-order chi connectivity index (χ1) is 5.25. The van der Waals surface area contributed by atoms with Gasteiger partial charge in [0.25, 0.3) is 0 Å². The Kier molecular flexibility index (Phi) is 2.87. The number of rotatable bonds is 3. The fourth-order valence-electron chi connectivity index (χ4n) is 1.46. The molecule has 1 aliphatic rings. The van der Waals surface area contributed by atoms with Crippen molar-refractivity contribution < 1.29 is 14.2 Å². The lowest BCUT2D eigenvalue weighted by Crippen LogP contribution is -2.42. The number of hydrogen-bond acceptors (Lipinski definition) is 3. The van der Waals surface area contributed by atoms with Crippen molar-refractivity contribution in [3.8, 4) is 0 Å². The monoisotopic (exact) mass is 160 g/mol. The van der Waals surface area contributed by atoms with E-state index in [9.17, 15) is 0 Å². The summed E-state index contributed by atoms with van der Waals surface area (Å²) in [5.74, 6) is -0.477. The summed E-state index contributed by atoms with van der Waals surface area (Å²) in [5.41, 5.74) is 0. The summed E-state index contributed by atoms with van der Waals surface area (Å²) in [6.07, 6.45) is 2.00. The molecule has 66 valence electrons. The molecule has 1 heterocycles. The second-order valence-corrected chi connectivity index (χ2v) is 2.85. The lowest BCUT2D eigenvalue weighted by atomic mass is 10.1. The van der Waals surface area contributed by atoms with Crippen LogP contribution in [0.15, 0.2) is 0 Å². The molecule has 0 aromatic rings. The van der Waals surface area contributed by atoms with Gasteiger partial charge in [-0.1, -0.05) is 0 Å². The zero-order chi connectivity index (χ0) is 8.32. The predicted molar refractivity (Wildman–Crippen MR) is 41.4 cm³/mol. The van der Waals surface area contributed by atoms with E-state index >= 15 is 0 Å². The fourth-order valence-corrected chi connectivity index (χ4v) is 1.46. The first-order valence-electron chi connectivity index (χ1n) is 3.97. The van der Waals surface area contributed by atoms with Crippen LogP contribution in [-0.2, 0) is 14.2 Å². The van der Waals surface area contributed by atoms with Crippen molar-refractivity contribution in [1.29, 1.82) is 0 Å². The van der Waals surface area contributed by atoms with Gasteiger partial charge in [0, 0.05) is 20.6 Å². The Bertz CT molecular complexity index is 119. The van der Waals surface area contributed by atoms with Crippen molar-refractivity contribution in [2.45, 2.75) is 31.7 Å². The van der Waals surface area contributed by atoms with E-state index in [0.717, 1.165) is 19.4 Å². The Balaban J connectivity index is 2.58. The minimum atomic E-state index is -0.477. The van der Waals surface area contributed by atoms with Crippen LogP contribution in [0.5, 0.6) is 0 Å². The Morgan fingerprint density at radius 2 is 2.18 bits per heavy atom. The molecule has 0 bridgehead atoms. The van der Waals surface area contributed by atoms with E-state index in [0.29, 0.717) is 0 Å². The number of ether oxygens (including phenoxy) is 3. The Morgan fingerprint density at radius 1 is 1.45 bits per heavy atom. The van der Waals surface area contributed by atoms with E-state index in [1.54, 1.807) is 14.2 Å². The van der Waals surface area contributed by atoms with Crippen molar-refractivity contribution in [2.24, 2.45) is 0 Å². The minimum absolute atomic E-state index is 0.00926. The van der Waals surface area contributed by atoms with Crippen LogP contribution in [0.2, 0.25) is 0 Å². The van der Waals surface area contributed by atoms with Crippen molar-refractivity contribution in [3.63, 3.8) is 0 Å². The summed E-state index contributed by atoms with van der Waals surface area (Å²) in [4.78, 5) is 0. The van der Waals surface area contributed by atoms with Gasteiger partial charge in [0.2, 0.25) is 0 Å². The molecule has 3 heteroatoms. The van der Waals surface area contributed by atoms with Gasteiger partial charge in [-0.15, -0.1) is 0 Å². The quantitative estimate of drug-likeness (QED) is 0.620. The molecule has 1 saturated heterocycles. The summed E-state index contributed by atoms with van der Waals surface area (Å²) in [6, 6.07) is 0. The molecule has 3 nitrogen and oxygen atoms in total. The van der Waals surface area contributed by atoms with Gasteiger partial charge in [-0.3, -0.25) is 0 Å². The highest BCUT2D eigenvalue weighted by molar-refractivity contribution is 4.81. The van der Waals surface area contributed by atoms with Crippen LogP contribution in [0, 0.1) is 0 Å². The zero-order valence-electron chi connectivity index (χ0n) is 7.42. The summed E-state index contributed by atoms with van der Waals surface area (Å²) in [6.45, 7) is 2.75. The van der Waals surface area contributed by atoms with Crippen LogP contribution in [0.25, 0.3) is 0 Å². The van der Waals surface area contributed by atoms with Gasteiger partial charge in [-0.25, -0.2) is 0 Å². The molecule has 0 radical (unpaired) electrons. The van der Waals surface area contributed by atoms with Crippen LogP contribution in [0.1, 0.15) is 19.8 Å². The summed E-state index contributed by atoms with van der Waals surface area (Å²) in [7, 11) is 3.34. The van der Waals surface area contributed by atoms with Crippen molar-refractivity contribution in [3.05, 3.63) is 0 Å². The highest BCUT2D eigenvalue weighted by Crippen LogP contribution is 2.30. The van der Waals surface area contributed by atoms with Gasteiger partial charge >= 0.3 is 0 Å². The van der Waals surface area contributed by atoms with Gasteiger partial charge in [0.15, 0.2) is 5.79 Å². The van der Waals surface area contributed by atoms with Crippen LogP contribution in [0.3, 0.4) is 0 Å². The maximum atomic E-state index is 5.50. The average Bonchev–Trinajstić information content (AvgIpc) is 2.52. The third-order valence-electron chi connectivity index (χ3n) is 2.33. The molecular weight excluding hydrogens is 144 g/mol. The molecule has 2 unspecified atom stereocenters. The number of hydrogen-bond donors (Lipinski definition) is 0. The molecule has 2 atom stereocenters. The summed E-state index contributed by atoms with van der Waals surface area (Å²) < 4.78 is 16.0. The topological polar surface area (TPSA) is 27.7 Å². The summed E-state index contributed by atoms with van der Waals surface area (Å²) >= 11 is 0. The Hall–Kier alpha value is -0.120. The SMILES string of the molecule is COC(C)C1(OC)CCCO1. The molecule has 0 aromatic carbocycles. The van der Waals surface area contributed by atoms with E-state index < -0.39 is 5.79 Å². The van der Waals surface area contributed by atoms with E-state index in [2.05, 4.69) is 0 Å². The fraction of sp³-hybridized carbons (Fsp3) is 1.00. The summed E-state index contributed by atoms with van der Waals surface area (Å²) in [5, 5.41) is 0. The van der Waals surface area contributed by atoms with Crippen molar-refractivity contribution in [2.75, 3.05) is 20.8 Å². The van der Waals surface area contributed by atoms with Crippen LogP contribution in [0.4, 0.5) is 0 Å². The van der Waals surface area contributed by atoms with E-state index in [1.807, 2.05) is 6.92 Å². The molecule has 1 aliphatic heterocycles. The van der Waals surface area contributed by atoms with E-state index in [4.69, 9.17) is 14.2 Å². The Labute approximate surface area is 67.6 Å². The molecule has 1 fully saturated rings. The van der Waals surface area contributed by atoms with E-state index in [-0.39, 0.29) is 6.10 Å². The van der Waals surface area contributed by atoms with Gasteiger partial charge < -0.3 is 14.2 Å². The van der Waals surface area contributed by atoms with Crippen molar-refractivity contribution in [1.82, 2.24) is 0 Å². The molecule has 0 aliphatic carbocycles. The lowest BCUT2D eigenvalue weighted by Gasteiger charge is -2.31. The second-order valence-electron chi connectivity index (χ2n) is 2.85. The maximum absolute atomic E-state index is 5.50. The molecule has 1 rings (SSSR count). The first-order valence-corrected chi connectivity index (χ1v) is 3.97. The first kappa shape index (κ1) is 8.97. The zero-order valence-corrected chi connectivity index (χ0v) is 7.42. The normalized spacial score (nSPS) is 34.1. The maximum Gasteiger partial charge on any atom is 0.194 e. The minimum Gasteiger partial charge on any atom is -0.376 e. The van der Waals surface area contributed by atoms with Gasteiger partial charge in [-0.2, -0.15) is 0 Å². The third-order valence-corrected chi connectivity index (χ3v) is 2.33. The molecule has 0 N–H and O–H groups in total. The molecule has 0 amide bonds. The van der Waals surface area contributed by atoms with Crippen molar-refractivity contribution >= 4 is 0 Å². The smallest absolute Gasteiger partial charge is 0.194 e. The molecule has 0 spiro atoms. The van der Waals surface area contributed by atoms with Crippen LogP contribution in [-0.4, -0.2) is 32.7 Å². The predicted octanol–water partition coefficient (Wildman–Crippen LogP) is 1.17. The molecular formula is C8H16O3. The highest BCUT2D eigenvalue weighted by Gasteiger charge is 2.40. The van der Waals surface area contributed by atoms with Gasteiger partial charge in [0.1, 0.15) is 6.10 Å². The van der Waals surface area contributed by atoms with Gasteiger partial charge in [-0.05, 0) is 13.3 Å². The second kappa shape index (κ2) is 3.52. The van der Waals surface area contributed by atoms with Crippen LogP contribution < -0.4 is 0 Å². The largest absolute Gasteiger partial charge is 0.376 e.